The Balaban J connectivity index is 1.68. The number of carbonyl (C=O) groups is 2. The number of hydrogen-bond donors (Lipinski definition) is 3. The molecule has 8 heteroatoms. The van der Waals surface area contributed by atoms with E-state index in [0.717, 1.165) is 29.8 Å². The summed E-state index contributed by atoms with van der Waals surface area (Å²) in [4.78, 5) is 25.2. The van der Waals surface area contributed by atoms with E-state index in [9.17, 15) is 14.7 Å². The highest BCUT2D eigenvalue weighted by atomic mass is 16.7. The van der Waals surface area contributed by atoms with Gasteiger partial charge in [0.15, 0.2) is 6.29 Å². The highest BCUT2D eigenvalue weighted by molar-refractivity contribution is 5.90. The van der Waals surface area contributed by atoms with Crippen molar-refractivity contribution in [3.8, 4) is 0 Å². The predicted molar refractivity (Wildman–Crippen MR) is 142 cm³/mol. The lowest BCUT2D eigenvalue weighted by atomic mass is 9.99. The molecule has 1 amide bonds. The van der Waals surface area contributed by atoms with Gasteiger partial charge in [-0.1, -0.05) is 48.9 Å². The zero-order valence-corrected chi connectivity index (χ0v) is 21.5. The van der Waals surface area contributed by atoms with E-state index in [2.05, 4.69) is 16.8 Å². The molecule has 0 aromatic heterocycles. The van der Waals surface area contributed by atoms with Gasteiger partial charge >= 0.3 is 5.97 Å². The van der Waals surface area contributed by atoms with Gasteiger partial charge in [-0.3, -0.25) is 9.59 Å². The minimum Gasteiger partial charge on any atom is -0.481 e. The zero-order valence-electron chi connectivity index (χ0n) is 21.5. The lowest BCUT2D eigenvalue weighted by Crippen LogP contribution is -2.37. The number of aliphatic carboxylic acids is 1. The maximum absolute atomic E-state index is 12.4. The monoisotopic (exact) mass is 510 g/mol. The van der Waals surface area contributed by atoms with Gasteiger partial charge in [0.05, 0.1) is 18.8 Å². The molecule has 1 fully saturated rings. The van der Waals surface area contributed by atoms with Crippen LogP contribution in [-0.4, -0.2) is 53.2 Å². The number of carboxylic acid groups (broad SMARTS) is 1. The summed E-state index contributed by atoms with van der Waals surface area (Å²) in [6.45, 7) is 5.28. The number of likely N-dealkylation sites (N-methyl/N-ethyl adjacent to an activating group) is 1. The van der Waals surface area contributed by atoms with Gasteiger partial charge in [0.1, 0.15) is 0 Å². The maximum Gasteiger partial charge on any atom is 0.303 e. The minimum absolute atomic E-state index is 0.00659. The van der Waals surface area contributed by atoms with Crippen LogP contribution in [0.2, 0.25) is 0 Å². The number of unbranched alkanes of at least 4 members (excludes halogenated alkanes) is 2. The van der Waals surface area contributed by atoms with Gasteiger partial charge in [0, 0.05) is 43.6 Å². The van der Waals surface area contributed by atoms with Gasteiger partial charge in [-0.2, -0.15) is 0 Å². The molecule has 1 aliphatic heterocycles. The third-order valence-corrected chi connectivity index (χ3v) is 6.31. The normalized spacial score (nSPS) is 19.5. The molecule has 1 heterocycles. The van der Waals surface area contributed by atoms with Crippen molar-refractivity contribution in [1.82, 2.24) is 4.90 Å². The standard InChI is InChI=1S/C29H38N2O6/c1-3-16-31(2)19-25-18-26(22-14-12-21(20-32)13-15-22)37-29(36-25)23-8-7-9-24(17-23)30-27(33)10-5-4-6-11-28(34)35/h3,7-9,12-15,17,25-26,29,32H,1,4-6,10-11,16,18-20H2,2H3,(H,30,33)(H,34,35)/t25-,26+,29+/m1/s1. The Labute approximate surface area is 218 Å². The smallest absolute Gasteiger partial charge is 0.303 e. The lowest BCUT2D eigenvalue weighted by Gasteiger charge is -2.37. The molecule has 3 N–H and O–H groups in total. The highest BCUT2D eigenvalue weighted by Crippen LogP contribution is 2.38. The van der Waals surface area contributed by atoms with E-state index in [-0.39, 0.29) is 31.1 Å². The molecule has 3 atom stereocenters. The van der Waals surface area contributed by atoms with Crippen LogP contribution in [0.1, 0.15) is 67.6 Å². The van der Waals surface area contributed by atoms with Crippen molar-refractivity contribution in [3.05, 3.63) is 77.9 Å². The molecule has 200 valence electrons. The first-order valence-corrected chi connectivity index (χ1v) is 12.8. The average Bonchev–Trinajstić information content (AvgIpc) is 2.88. The second-order valence-corrected chi connectivity index (χ2v) is 9.49. The molecule has 0 unspecified atom stereocenters. The van der Waals surface area contributed by atoms with E-state index in [1.54, 1.807) is 0 Å². The molecule has 1 aliphatic rings. The lowest BCUT2D eigenvalue weighted by molar-refractivity contribution is -0.252. The van der Waals surface area contributed by atoms with Crippen molar-refractivity contribution < 1.29 is 29.3 Å². The number of aliphatic hydroxyl groups excluding tert-OH is 1. The van der Waals surface area contributed by atoms with Crippen LogP contribution >= 0.6 is 0 Å². The van der Waals surface area contributed by atoms with Crippen LogP contribution in [-0.2, 0) is 25.7 Å². The topological polar surface area (TPSA) is 108 Å². The van der Waals surface area contributed by atoms with Crippen LogP contribution in [0.15, 0.2) is 61.2 Å². The van der Waals surface area contributed by atoms with Crippen LogP contribution in [0.25, 0.3) is 0 Å². The fourth-order valence-electron chi connectivity index (χ4n) is 4.40. The fourth-order valence-corrected chi connectivity index (χ4v) is 4.40. The van der Waals surface area contributed by atoms with Crippen molar-refractivity contribution >= 4 is 17.6 Å². The highest BCUT2D eigenvalue weighted by Gasteiger charge is 2.32. The fraction of sp³-hybridized carbons (Fsp3) is 0.448. The summed E-state index contributed by atoms with van der Waals surface area (Å²) in [5.41, 5.74) is 3.34. The number of carboxylic acids is 1. The van der Waals surface area contributed by atoms with Gasteiger partial charge in [-0.25, -0.2) is 0 Å². The third-order valence-electron chi connectivity index (χ3n) is 6.31. The maximum atomic E-state index is 12.4. The first-order valence-electron chi connectivity index (χ1n) is 12.8. The quantitative estimate of drug-likeness (QED) is 0.247. The Morgan fingerprint density at radius 1 is 1.08 bits per heavy atom. The van der Waals surface area contributed by atoms with Crippen LogP contribution in [0.5, 0.6) is 0 Å². The summed E-state index contributed by atoms with van der Waals surface area (Å²) in [7, 11) is 2.03. The Kier molecular flexibility index (Phi) is 11.3. The number of ether oxygens (including phenoxy) is 2. The Morgan fingerprint density at radius 2 is 1.84 bits per heavy atom. The Morgan fingerprint density at radius 3 is 2.54 bits per heavy atom. The molecule has 0 radical (unpaired) electrons. The molecule has 0 saturated carbocycles. The van der Waals surface area contributed by atoms with E-state index in [1.807, 2.05) is 61.7 Å². The molecule has 8 nitrogen and oxygen atoms in total. The number of rotatable bonds is 14. The second kappa shape index (κ2) is 14.6. The van der Waals surface area contributed by atoms with E-state index in [0.29, 0.717) is 37.8 Å². The summed E-state index contributed by atoms with van der Waals surface area (Å²) in [5.74, 6) is -0.920. The summed E-state index contributed by atoms with van der Waals surface area (Å²) in [6, 6.07) is 15.3. The molecule has 2 aromatic carbocycles. The average molecular weight is 511 g/mol. The SMILES string of the molecule is C=CCN(C)C[C@H]1C[C@@H](c2ccc(CO)cc2)O[C@@H](c2cccc(NC(=O)CCCCCC(=O)O)c2)O1. The minimum atomic E-state index is -0.813. The van der Waals surface area contributed by atoms with Gasteiger partial charge in [0.25, 0.3) is 0 Å². The molecule has 0 aliphatic carbocycles. The number of hydrogen-bond acceptors (Lipinski definition) is 6. The van der Waals surface area contributed by atoms with Crippen LogP contribution < -0.4 is 5.32 Å². The summed E-state index contributed by atoms with van der Waals surface area (Å²) in [6.07, 6.45) is 4.07. The van der Waals surface area contributed by atoms with E-state index < -0.39 is 12.3 Å². The number of benzene rings is 2. The van der Waals surface area contributed by atoms with Crippen LogP contribution in [0, 0.1) is 0 Å². The number of anilines is 1. The number of amides is 1. The molecule has 0 spiro atoms. The number of carbonyl (C=O) groups excluding carboxylic acids is 1. The van der Waals surface area contributed by atoms with Crippen LogP contribution in [0.4, 0.5) is 5.69 Å². The molecule has 2 aromatic rings. The molecule has 1 saturated heterocycles. The van der Waals surface area contributed by atoms with Crippen molar-refractivity contribution in [2.75, 3.05) is 25.5 Å². The number of nitrogens with one attached hydrogen (secondary N) is 1. The summed E-state index contributed by atoms with van der Waals surface area (Å²) < 4.78 is 12.7. The van der Waals surface area contributed by atoms with Crippen molar-refractivity contribution in [1.29, 1.82) is 0 Å². The van der Waals surface area contributed by atoms with E-state index in [1.165, 1.54) is 0 Å². The largest absolute Gasteiger partial charge is 0.481 e. The zero-order chi connectivity index (χ0) is 26.6. The molecule has 37 heavy (non-hydrogen) atoms. The predicted octanol–water partition coefficient (Wildman–Crippen LogP) is 4.82. The van der Waals surface area contributed by atoms with Crippen molar-refractivity contribution in [3.63, 3.8) is 0 Å². The first-order chi connectivity index (χ1) is 17.9. The first kappa shape index (κ1) is 28.5. The number of aliphatic hydroxyl groups is 1. The van der Waals surface area contributed by atoms with E-state index >= 15 is 0 Å². The van der Waals surface area contributed by atoms with Gasteiger partial charge < -0.3 is 29.9 Å². The third kappa shape index (κ3) is 9.40. The van der Waals surface area contributed by atoms with E-state index in [4.69, 9.17) is 14.6 Å². The molecular weight excluding hydrogens is 472 g/mol. The molecular formula is C29H38N2O6. The van der Waals surface area contributed by atoms with Gasteiger partial charge in [-0.05, 0) is 43.1 Å². The Hall–Kier alpha value is -3.04. The van der Waals surface area contributed by atoms with Gasteiger partial charge in [0.2, 0.25) is 5.91 Å². The summed E-state index contributed by atoms with van der Waals surface area (Å²) >= 11 is 0. The second-order valence-electron chi connectivity index (χ2n) is 9.49. The summed E-state index contributed by atoms with van der Waals surface area (Å²) in [5, 5.41) is 21.0. The molecule has 0 bridgehead atoms. The Bertz CT molecular complexity index is 1030. The van der Waals surface area contributed by atoms with Gasteiger partial charge in [-0.15, -0.1) is 6.58 Å². The van der Waals surface area contributed by atoms with Crippen molar-refractivity contribution in [2.24, 2.45) is 0 Å². The van der Waals surface area contributed by atoms with Crippen molar-refractivity contribution in [2.45, 2.75) is 63.6 Å². The number of nitrogens with zero attached hydrogens (tertiary/aromatic N) is 1. The molecule has 3 rings (SSSR count). The van der Waals surface area contributed by atoms with Crippen LogP contribution in [0.3, 0.4) is 0 Å².